The lowest BCUT2D eigenvalue weighted by molar-refractivity contribution is 0.583. The molecule has 0 amide bonds. The Balaban J connectivity index is 3.06. The van der Waals surface area contributed by atoms with Crippen molar-refractivity contribution in [3.05, 3.63) is 29.3 Å². The minimum atomic E-state index is -0.741. The molecule has 1 aromatic carbocycles. The standard InChI is InChI=1S/C10H12F2N4S/c1-2-5-3-6(11)4-7(12)8(5)15-10(17)16-9(13)14/h3-4H,2H2,1H3,(H5,13,14,15,16,17). The summed E-state index contributed by atoms with van der Waals surface area (Å²) >= 11 is 4.79. The van der Waals surface area contributed by atoms with Crippen LogP contribution in [0.2, 0.25) is 0 Å². The zero-order valence-electron chi connectivity index (χ0n) is 9.13. The second-order valence-electron chi connectivity index (χ2n) is 3.24. The molecule has 7 heteroatoms. The van der Waals surface area contributed by atoms with Crippen molar-refractivity contribution in [2.45, 2.75) is 13.3 Å². The zero-order chi connectivity index (χ0) is 13.0. The Morgan fingerprint density at radius 2 is 2.06 bits per heavy atom. The summed E-state index contributed by atoms with van der Waals surface area (Å²) in [4.78, 5) is 3.54. The van der Waals surface area contributed by atoms with Crippen molar-refractivity contribution in [3.63, 3.8) is 0 Å². The topological polar surface area (TPSA) is 76.4 Å². The van der Waals surface area contributed by atoms with Crippen molar-refractivity contribution in [1.29, 1.82) is 0 Å². The summed E-state index contributed by atoms with van der Waals surface area (Å²) in [5.74, 6) is -1.62. The Hall–Kier alpha value is -1.76. The molecule has 0 heterocycles. The number of aryl methyl sites for hydroxylation is 1. The molecule has 92 valence electrons. The minimum Gasteiger partial charge on any atom is -0.370 e. The lowest BCUT2D eigenvalue weighted by Gasteiger charge is -2.10. The Morgan fingerprint density at radius 3 is 2.59 bits per heavy atom. The van der Waals surface area contributed by atoms with Crippen molar-refractivity contribution >= 4 is 29.0 Å². The van der Waals surface area contributed by atoms with E-state index >= 15 is 0 Å². The molecule has 0 saturated carbocycles. The highest BCUT2D eigenvalue weighted by Crippen LogP contribution is 2.22. The van der Waals surface area contributed by atoms with Gasteiger partial charge in [-0.1, -0.05) is 6.92 Å². The van der Waals surface area contributed by atoms with Crippen LogP contribution >= 0.6 is 12.2 Å². The minimum absolute atomic E-state index is 0.0785. The maximum Gasteiger partial charge on any atom is 0.200 e. The number of rotatable bonds is 2. The van der Waals surface area contributed by atoms with E-state index < -0.39 is 11.6 Å². The fraction of sp³-hybridized carbons (Fsp3) is 0.200. The molecule has 17 heavy (non-hydrogen) atoms. The van der Waals surface area contributed by atoms with Gasteiger partial charge in [-0.3, -0.25) is 0 Å². The van der Waals surface area contributed by atoms with E-state index in [1.165, 1.54) is 6.07 Å². The Kier molecular flexibility index (Phi) is 4.33. The maximum atomic E-state index is 13.5. The van der Waals surface area contributed by atoms with Crippen LogP contribution in [0.4, 0.5) is 14.5 Å². The number of nitrogens with zero attached hydrogens (tertiary/aromatic N) is 1. The highest BCUT2D eigenvalue weighted by atomic mass is 32.1. The smallest absolute Gasteiger partial charge is 0.200 e. The molecule has 1 aromatic rings. The van der Waals surface area contributed by atoms with Gasteiger partial charge in [0.15, 0.2) is 5.96 Å². The number of aliphatic imine (C=N–C) groups is 1. The second kappa shape index (κ2) is 5.53. The summed E-state index contributed by atoms with van der Waals surface area (Å²) in [5, 5.41) is 2.45. The summed E-state index contributed by atoms with van der Waals surface area (Å²) in [7, 11) is 0. The summed E-state index contributed by atoms with van der Waals surface area (Å²) in [5.41, 5.74) is 10.8. The molecule has 0 fully saturated rings. The van der Waals surface area contributed by atoms with Crippen LogP contribution in [-0.4, -0.2) is 11.1 Å². The van der Waals surface area contributed by atoms with E-state index in [0.717, 1.165) is 6.07 Å². The second-order valence-corrected chi connectivity index (χ2v) is 3.63. The van der Waals surface area contributed by atoms with E-state index in [-0.39, 0.29) is 16.8 Å². The fourth-order valence-electron chi connectivity index (χ4n) is 1.30. The van der Waals surface area contributed by atoms with Gasteiger partial charge in [0.25, 0.3) is 0 Å². The molecule has 0 aliphatic heterocycles. The molecule has 1 rings (SSSR count). The molecule has 0 saturated heterocycles. The number of halogens is 2. The third kappa shape index (κ3) is 3.63. The van der Waals surface area contributed by atoms with E-state index in [1.807, 2.05) is 0 Å². The van der Waals surface area contributed by atoms with Crippen molar-refractivity contribution in [2.24, 2.45) is 16.5 Å². The molecular formula is C10H12F2N4S. The first-order chi connectivity index (χ1) is 7.93. The average molecular weight is 258 g/mol. The first kappa shape index (κ1) is 13.3. The van der Waals surface area contributed by atoms with Gasteiger partial charge in [-0.05, 0) is 30.3 Å². The van der Waals surface area contributed by atoms with Gasteiger partial charge in [0, 0.05) is 6.07 Å². The number of thiocarbonyl (C=S) groups is 1. The van der Waals surface area contributed by atoms with Gasteiger partial charge in [-0.15, -0.1) is 0 Å². The van der Waals surface area contributed by atoms with Gasteiger partial charge < -0.3 is 16.8 Å². The maximum absolute atomic E-state index is 13.5. The first-order valence-electron chi connectivity index (χ1n) is 4.82. The summed E-state index contributed by atoms with van der Waals surface area (Å²) < 4.78 is 26.5. The van der Waals surface area contributed by atoms with Crippen molar-refractivity contribution in [2.75, 3.05) is 5.32 Å². The van der Waals surface area contributed by atoms with Gasteiger partial charge in [-0.2, -0.15) is 4.99 Å². The Morgan fingerprint density at radius 1 is 1.41 bits per heavy atom. The largest absolute Gasteiger partial charge is 0.370 e. The Bertz CT molecular complexity index is 470. The predicted molar refractivity (Wildman–Crippen MR) is 67.8 cm³/mol. The van der Waals surface area contributed by atoms with Gasteiger partial charge in [0.1, 0.15) is 11.6 Å². The number of anilines is 1. The molecule has 0 spiro atoms. The number of guanidine groups is 1. The zero-order valence-corrected chi connectivity index (χ0v) is 9.94. The third-order valence-electron chi connectivity index (χ3n) is 1.98. The van der Waals surface area contributed by atoms with Crippen LogP contribution < -0.4 is 16.8 Å². The summed E-state index contributed by atoms with van der Waals surface area (Å²) in [6.45, 7) is 1.77. The molecule has 0 radical (unpaired) electrons. The highest BCUT2D eigenvalue weighted by Gasteiger charge is 2.11. The molecular weight excluding hydrogens is 246 g/mol. The van der Waals surface area contributed by atoms with Crippen LogP contribution in [0.5, 0.6) is 0 Å². The monoisotopic (exact) mass is 258 g/mol. The van der Waals surface area contributed by atoms with E-state index in [4.69, 9.17) is 23.7 Å². The van der Waals surface area contributed by atoms with Gasteiger partial charge in [0.05, 0.1) is 5.69 Å². The van der Waals surface area contributed by atoms with Gasteiger partial charge in [-0.25, -0.2) is 8.78 Å². The van der Waals surface area contributed by atoms with E-state index in [1.54, 1.807) is 6.92 Å². The molecule has 0 bridgehead atoms. The van der Waals surface area contributed by atoms with Crippen LogP contribution in [0, 0.1) is 11.6 Å². The van der Waals surface area contributed by atoms with Gasteiger partial charge in [0.2, 0.25) is 5.11 Å². The van der Waals surface area contributed by atoms with Crippen LogP contribution in [0.15, 0.2) is 17.1 Å². The Labute approximate surface area is 103 Å². The fourth-order valence-corrected chi connectivity index (χ4v) is 1.51. The van der Waals surface area contributed by atoms with Crippen molar-refractivity contribution < 1.29 is 8.78 Å². The first-order valence-corrected chi connectivity index (χ1v) is 5.23. The van der Waals surface area contributed by atoms with E-state index in [0.29, 0.717) is 12.0 Å². The molecule has 0 aliphatic rings. The summed E-state index contributed by atoms with van der Waals surface area (Å²) in [6, 6.07) is 1.99. The molecule has 0 atom stereocenters. The van der Waals surface area contributed by atoms with Crippen LogP contribution in [-0.2, 0) is 6.42 Å². The molecule has 4 nitrogen and oxygen atoms in total. The van der Waals surface area contributed by atoms with Crippen molar-refractivity contribution in [3.8, 4) is 0 Å². The van der Waals surface area contributed by atoms with Crippen LogP contribution in [0.3, 0.4) is 0 Å². The SMILES string of the molecule is CCc1cc(F)cc(F)c1NC(=S)N=C(N)N. The number of nitrogens with one attached hydrogen (secondary N) is 1. The van der Waals surface area contributed by atoms with Gasteiger partial charge >= 0.3 is 0 Å². The van der Waals surface area contributed by atoms with Crippen LogP contribution in [0.25, 0.3) is 0 Å². The predicted octanol–water partition coefficient (Wildman–Crippen LogP) is 1.50. The molecule has 0 aromatic heterocycles. The van der Waals surface area contributed by atoms with Crippen molar-refractivity contribution in [1.82, 2.24) is 0 Å². The van der Waals surface area contributed by atoms with Crippen LogP contribution in [0.1, 0.15) is 12.5 Å². The number of hydrogen-bond acceptors (Lipinski definition) is 1. The number of nitrogens with two attached hydrogens (primary N) is 2. The third-order valence-corrected chi connectivity index (χ3v) is 2.17. The lowest BCUT2D eigenvalue weighted by atomic mass is 10.1. The highest BCUT2D eigenvalue weighted by molar-refractivity contribution is 7.80. The van der Waals surface area contributed by atoms with E-state index in [2.05, 4.69) is 10.3 Å². The molecule has 0 aliphatic carbocycles. The quantitative estimate of drug-likeness (QED) is 0.427. The lowest BCUT2D eigenvalue weighted by Crippen LogP contribution is -2.25. The molecule has 5 N–H and O–H groups in total. The normalized spacial score (nSPS) is 9.82. The number of benzene rings is 1. The number of hydrogen-bond donors (Lipinski definition) is 3. The average Bonchev–Trinajstić information content (AvgIpc) is 2.20. The molecule has 0 unspecified atom stereocenters. The van der Waals surface area contributed by atoms with E-state index in [9.17, 15) is 8.78 Å². The summed E-state index contributed by atoms with van der Waals surface area (Å²) in [6.07, 6.45) is 0.446.